The number of aliphatic hydroxyl groups excluding tert-OH is 3. The molecule has 1 fully saturated rings. The van der Waals surface area contributed by atoms with E-state index in [2.05, 4.69) is 4.98 Å². The Kier molecular flexibility index (Phi) is 5.84. The molecule has 0 bridgehead atoms. The Bertz CT molecular complexity index is 1200. The number of pyridine rings is 1. The fourth-order valence-electron chi connectivity index (χ4n) is 3.77. The van der Waals surface area contributed by atoms with Crippen molar-refractivity contribution in [2.75, 3.05) is 6.61 Å². The van der Waals surface area contributed by atoms with Gasteiger partial charge in [0.1, 0.15) is 18.3 Å². The van der Waals surface area contributed by atoms with Crippen molar-refractivity contribution < 1.29 is 20.1 Å². The van der Waals surface area contributed by atoms with Crippen LogP contribution in [0.4, 0.5) is 0 Å². The Morgan fingerprint density at radius 3 is 2.58 bits per heavy atom. The summed E-state index contributed by atoms with van der Waals surface area (Å²) in [6.07, 6.45) is -2.20. The van der Waals surface area contributed by atoms with Crippen molar-refractivity contribution in [3.63, 3.8) is 0 Å². The van der Waals surface area contributed by atoms with Crippen LogP contribution in [0.5, 0.6) is 0 Å². The highest BCUT2D eigenvalue weighted by Gasteiger charge is 2.43. The van der Waals surface area contributed by atoms with Gasteiger partial charge in [-0.2, -0.15) is 0 Å². The van der Waals surface area contributed by atoms with E-state index >= 15 is 0 Å². The van der Waals surface area contributed by atoms with Gasteiger partial charge >= 0.3 is 5.69 Å². The summed E-state index contributed by atoms with van der Waals surface area (Å²) in [6.45, 7) is 1.41. The lowest BCUT2D eigenvalue weighted by atomic mass is 10.0. The van der Waals surface area contributed by atoms with Crippen LogP contribution in [-0.2, 0) is 11.3 Å². The Morgan fingerprint density at radius 2 is 1.87 bits per heavy atom. The zero-order valence-electron chi connectivity index (χ0n) is 16.8. The van der Waals surface area contributed by atoms with Gasteiger partial charge in [0.25, 0.3) is 5.56 Å². The summed E-state index contributed by atoms with van der Waals surface area (Å²) >= 11 is 0. The molecule has 3 N–H and O–H groups in total. The van der Waals surface area contributed by atoms with E-state index in [-0.39, 0.29) is 6.54 Å². The first-order valence-corrected chi connectivity index (χ1v) is 9.86. The second-order valence-corrected chi connectivity index (χ2v) is 7.51. The first-order valence-electron chi connectivity index (χ1n) is 9.86. The van der Waals surface area contributed by atoms with E-state index < -0.39 is 42.4 Å². The number of benzene rings is 1. The normalized spacial score (nSPS) is 23.2. The van der Waals surface area contributed by atoms with Gasteiger partial charge in [-0.1, -0.05) is 24.3 Å². The van der Waals surface area contributed by atoms with Crippen molar-refractivity contribution in [2.24, 2.45) is 0 Å². The minimum Gasteiger partial charge on any atom is -0.394 e. The van der Waals surface area contributed by atoms with Crippen molar-refractivity contribution >= 4 is 0 Å². The SMILES string of the molecule is Cc1ccccc1-c1ccnc(Cn2c(=O)ccn([C@@H]3O[C@H](CO)C(O)C3O)c2=O)c1. The number of aryl methyl sites for hydroxylation is 1. The molecule has 4 rings (SSSR count). The predicted molar refractivity (Wildman–Crippen MR) is 111 cm³/mol. The highest BCUT2D eigenvalue weighted by Crippen LogP contribution is 2.28. The summed E-state index contributed by atoms with van der Waals surface area (Å²) < 4.78 is 7.44. The van der Waals surface area contributed by atoms with Gasteiger partial charge in [-0.3, -0.25) is 18.9 Å². The highest BCUT2D eigenvalue weighted by atomic mass is 16.6. The van der Waals surface area contributed by atoms with E-state index in [1.807, 2.05) is 43.3 Å². The van der Waals surface area contributed by atoms with Gasteiger partial charge in [0.05, 0.1) is 18.8 Å². The molecule has 0 aliphatic carbocycles. The Labute approximate surface area is 177 Å². The lowest BCUT2D eigenvalue weighted by molar-refractivity contribution is -0.0555. The van der Waals surface area contributed by atoms with Crippen LogP contribution in [0.1, 0.15) is 17.5 Å². The Balaban J connectivity index is 1.69. The molecule has 3 heterocycles. The summed E-state index contributed by atoms with van der Waals surface area (Å²) in [5, 5.41) is 29.5. The third-order valence-electron chi connectivity index (χ3n) is 5.48. The molecule has 1 aliphatic heterocycles. The number of hydrogen-bond acceptors (Lipinski definition) is 7. The number of ether oxygens (including phenoxy) is 1. The minimum absolute atomic E-state index is 0.0764. The molecular weight excluding hydrogens is 402 g/mol. The summed E-state index contributed by atoms with van der Waals surface area (Å²) in [7, 11) is 0. The molecule has 0 saturated carbocycles. The number of nitrogens with zero attached hydrogens (tertiary/aromatic N) is 3. The molecular formula is C22H23N3O6. The van der Waals surface area contributed by atoms with Gasteiger partial charge in [0.15, 0.2) is 6.23 Å². The molecule has 1 aliphatic rings. The average Bonchev–Trinajstić information content (AvgIpc) is 3.05. The van der Waals surface area contributed by atoms with Gasteiger partial charge in [0, 0.05) is 18.5 Å². The van der Waals surface area contributed by atoms with Crippen molar-refractivity contribution in [2.45, 2.75) is 38.0 Å². The van der Waals surface area contributed by atoms with Gasteiger partial charge in [-0.25, -0.2) is 4.79 Å². The van der Waals surface area contributed by atoms with Crippen molar-refractivity contribution in [1.82, 2.24) is 14.1 Å². The third-order valence-corrected chi connectivity index (χ3v) is 5.48. The molecule has 31 heavy (non-hydrogen) atoms. The van der Waals surface area contributed by atoms with Gasteiger partial charge in [0.2, 0.25) is 0 Å². The summed E-state index contributed by atoms with van der Waals surface area (Å²) in [4.78, 5) is 29.7. The monoisotopic (exact) mass is 425 g/mol. The third kappa shape index (κ3) is 3.96. The molecule has 1 saturated heterocycles. The molecule has 2 aromatic heterocycles. The number of aromatic nitrogens is 3. The minimum atomic E-state index is -1.43. The molecule has 9 heteroatoms. The summed E-state index contributed by atoms with van der Waals surface area (Å²) in [6, 6.07) is 12.7. The van der Waals surface area contributed by atoms with E-state index in [1.54, 1.807) is 6.20 Å². The van der Waals surface area contributed by atoms with Gasteiger partial charge in [-0.05, 0) is 35.7 Å². The van der Waals surface area contributed by atoms with Crippen LogP contribution in [0.15, 0.2) is 64.4 Å². The fraction of sp³-hybridized carbons (Fsp3) is 0.318. The molecule has 1 aromatic carbocycles. The lowest BCUT2D eigenvalue weighted by Crippen LogP contribution is -2.43. The van der Waals surface area contributed by atoms with Crippen molar-refractivity contribution in [3.05, 3.63) is 87.0 Å². The molecule has 0 spiro atoms. The molecule has 0 amide bonds. The lowest BCUT2D eigenvalue weighted by Gasteiger charge is -2.18. The maximum atomic E-state index is 13.0. The molecule has 2 unspecified atom stereocenters. The maximum Gasteiger partial charge on any atom is 0.333 e. The van der Waals surface area contributed by atoms with Crippen LogP contribution in [-0.4, -0.2) is 54.4 Å². The first-order chi connectivity index (χ1) is 14.9. The molecule has 4 atom stereocenters. The van der Waals surface area contributed by atoms with E-state index in [0.29, 0.717) is 5.69 Å². The van der Waals surface area contributed by atoms with Crippen LogP contribution in [0.25, 0.3) is 11.1 Å². The summed E-state index contributed by atoms with van der Waals surface area (Å²) in [5.74, 6) is 0. The fourth-order valence-corrected chi connectivity index (χ4v) is 3.77. The van der Waals surface area contributed by atoms with Crippen LogP contribution >= 0.6 is 0 Å². The van der Waals surface area contributed by atoms with Crippen LogP contribution < -0.4 is 11.2 Å². The quantitative estimate of drug-likeness (QED) is 0.527. The Hall–Kier alpha value is -3.11. The van der Waals surface area contributed by atoms with E-state index in [1.165, 1.54) is 12.3 Å². The smallest absolute Gasteiger partial charge is 0.333 e. The average molecular weight is 425 g/mol. The number of hydrogen-bond donors (Lipinski definition) is 3. The van der Waals surface area contributed by atoms with E-state index in [9.17, 15) is 24.9 Å². The van der Waals surface area contributed by atoms with Crippen LogP contribution in [0.2, 0.25) is 0 Å². The standard InChI is InChI=1S/C22H23N3O6/c1-13-4-2-3-5-16(13)14-6-8-23-15(10-14)11-25-18(27)7-9-24(22(25)30)21-20(29)19(28)17(12-26)31-21/h2-10,17,19-21,26,28-29H,11-12H2,1H3/t17-,19?,20?,21-/m1/s1. The maximum absolute atomic E-state index is 13.0. The largest absolute Gasteiger partial charge is 0.394 e. The first kappa shape index (κ1) is 21.1. The van der Waals surface area contributed by atoms with Gasteiger partial charge in [-0.15, -0.1) is 0 Å². The Morgan fingerprint density at radius 1 is 1.10 bits per heavy atom. The summed E-state index contributed by atoms with van der Waals surface area (Å²) in [5.41, 5.74) is 2.29. The molecule has 9 nitrogen and oxygen atoms in total. The number of aliphatic hydroxyl groups is 3. The molecule has 3 aromatic rings. The van der Waals surface area contributed by atoms with Crippen LogP contribution in [0.3, 0.4) is 0 Å². The predicted octanol–water partition coefficient (Wildman–Crippen LogP) is 0.0402. The second-order valence-electron chi connectivity index (χ2n) is 7.51. The zero-order chi connectivity index (χ0) is 22.1. The van der Waals surface area contributed by atoms with E-state index in [4.69, 9.17) is 4.74 Å². The number of rotatable bonds is 5. The molecule has 0 radical (unpaired) electrons. The topological polar surface area (TPSA) is 127 Å². The second kappa shape index (κ2) is 8.56. The molecule has 162 valence electrons. The highest BCUT2D eigenvalue weighted by molar-refractivity contribution is 5.66. The van der Waals surface area contributed by atoms with Crippen LogP contribution in [0, 0.1) is 6.92 Å². The van der Waals surface area contributed by atoms with Crippen molar-refractivity contribution in [1.29, 1.82) is 0 Å². The van der Waals surface area contributed by atoms with E-state index in [0.717, 1.165) is 25.8 Å². The van der Waals surface area contributed by atoms with Crippen molar-refractivity contribution in [3.8, 4) is 11.1 Å². The zero-order valence-corrected chi connectivity index (χ0v) is 16.8. The van der Waals surface area contributed by atoms with Gasteiger partial charge < -0.3 is 20.1 Å².